The van der Waals surface area contributed by atoms with Crippen molar-refractivity contribution in [1.82, 2.24) is 0 Å². The maximum absolute atomic E-state index is 11.9. The van der Waals surface area contributed by atoms with Crippen molar-refractivity contribution in [3.05, 3.63) is 69.8 Å². The van der Waals surface area contributed by atoms with Gasteiger partial charge in [0.15, 0.2) is 0 Å². The summed E-state index contributed by atoms with van der Waals surface area (Å²) in [6.07, 6.45) is 0.613. The van der Waals surface area contributed by atoms with Gasteiger partial charge < -0.3 is 4.74 Å². The fourth-order valence-electron chi connectivity index (χ4n) is 1.62. The summed E-state index contributed by atoms with van der Waals surface area (Å²) in [7, 11) is 0. The molecule has 0 spiro atoms. The first kappa shape index (κ1) is 13.4. The van der Waals surface area contributed by atoms with E-state index in [0.29, 0.717) is 11.8 Å². The maximum atomic E-state index is 11.9. The lowest BCUT2D eigenvalue weighted by molar-refractivity contribution is -0.385. The summed E-state index contributed by atoms with van der Waals surface area (Å²) in [6.45, 7) is 0. The molecule has 6 heteroatoms. The molecule has 2 rings (SSSR count). The van der Waals surface area contributed by atoms with Crippen molar-refractivity contribution < 1.29 is 19.2 Å². The average Bonchev–Trinajstić information content (AvgIpc) is 2.47. The Morgan fingerprint density at radius 2 is 1.90 bits per heavy atom. The number of ether oxygens (including phenoxy) is 1. The number of nitro benzene ring substituents is 1. The molecule has 0 aromatic heterocycles. The Labute approximate surface area is 113 Å². The summed E-state index contributed by atoms with van der Waals surface area (Å²) in [5, 5.41) is 10.8. The molecule has 0 N–H and O–H groups in total. The second-order valence-corrected chi connectivity index (χ2v) is 3.85. The van der Waals surface area contributed by atoms with Crippen molar-refractivity contribution in [3.63, 3.8) is 0 Å². The predicted octanol–water partition coefficient (Wildman–Crippen LogP) is 2.63. The molecular weight excluding hydrogens is 262 g/mol. The Morgan fingerprint density at radius 1 is 1.15 bits per heavy atom. The van der Waals surface area contributed by atoms with E-state index in [1.165, 1.54) is 36.4 Å². The third kappa shape index (κ3) is 2.86. The highest BCUT2D eigenvalue weighted by Crippen LogP contribution is 2.20. The van der Waals surface area contributed by atoms with Gasteiger partial charge in [-0.3, -0.25) is 14.9 Å². The predicted molar refractivity (Wildman–Crippen MR) is 69.9 cm³/mol. The van der Waals surface area contributed by atoms with E-state index in [2.05, 4.69) is 0 Å². The number of aldehydes is 1. The number of nitro groups is 1. The van der Waals surface area contributed by atoms with Crippen molar-refractivity contribution in [2.24, 2.45) is 0 Å². The summed E-state index contributed by atoms with van der Waals surface area (Å²) < 4.78 is 5.03. The molecule has 0 atom stereocenters. The molecule has 2 aromatic rings. The number of carbonyl (C=O) groups excluding carboxylic acids is 2. The van der Waals surface area contributed by atoms with Crippen LogP contribution in [-0.2, 0) is 0 Å². The number of para-hydroxylation sites is 1. The third-order valence-electron chi connectivity index (χ3n) is 2.53. The smallest absolute Gasteiger partial charge is 0.350 e. The van der Waals surface area contributed by atoms with Crippen LogP contribution in [0.4, 0.5) is 5.69 Å². The minimum absolute atomic E-state index is 0.144. The minimum Gasteiger partial charge on any atom is -0.423 e. The quantitative estimate of drug-likeness (QED) is 0.280. The molecule has 0 saturated heterocycles. The third-order valence-corrected chi connectivity index (χ3v) is 2.53. The van der Waals surface area contributed by atoms with Crippen LogP contribution in [0, 0.1) is 10.1 Å². The second-order valence-electron chi connectivity index (χ2n) is 3.85. The van der Waals surface area contributed by atoms with Crippen molar-refractivity contribution in [3.8, 4) is 5.75 Å². The molecule has 0 aliphatic carbocycles. The van der Waals surface area contributed by atoms with Gasteiger partial charge in [-0.25, -0.2) is 4.79 Å². The first-order valence-corrected chi connectivity index (χ1v) is 5.62. The van der Waals surface area contributed by atoms with Gasteiger partial charge in [0.25, 0.3) is 5.69 Å². The summed E-state index contributed by atoms with van der Waals surface area (Å²) in [4.78, 5) is 32.7. The highest BCUT2D eigenvalue weighted by molar-refractivity contribution is 5.95. The largest absolute Gasteiger partial charge is 0.423 e. The molecule has 0 bridgehead atoms. The van der Waals surface area contributed by atoms with Crippen molar-refractivity contribution in [1.29, 1.82) is 0 Å². The molecule has 0 aliphatic heterocycles. The van der Waals surface area contributed by atoms with E-state index in [9.17, 15) is 19.7 Å². The van der Waals surface area contributed by atoms with Crippen LogP contribution in [0.25, 0.3) is 0 Å². The molecule has 0 radical (unpaired) electrons. The van der Waals surface area contributed by atoms with Gasteiger partial charge in [-0.05, 0) is 18.2 Å². The van der Waals surface area contributed by atoms with Gasteiger partial charge in [-0.1, -0.05) is 24.3 Å². The zero-order chi connectivity index (χ0) is 14.5. The van der Waals surface area contributed by atoms with Gasteiger partial charge in [0.1, 0.15) is 17.6 Å². The molecule has 6 nitrogen and oxygen atoms in total. The SMILES string of the molecule is O=Cc1cccc(OC(=O)c2ccccc2[N+](=O)[O-])c1. The number of esters is 1. The molecule has 0 amide bonds. The number of rotatable bonds is 4. The number of carbonyl (C=O) groups is 2. The fraction of sp³-hybridized carbons (Fsp3) is 0. The second kappa shape index (κ2) is 5.75. The normalized spacial score (nSPS) is 9.80. The zero-order valence-corrected chi connectivity index (χ0v) is 10.2. The Balaban J connectivity index is 2.28. The first-order chi connectivity index (χ1) is 9.61. The highest BCUT2D eigenvalue weighted by atomic mass is 16.6. The van der Waals surface area contributed by atoms with Gasteiger partial charge in [-0.2, -0.15) is 0 Å². The van der Waals surface area contributed by atoms with E-state index < -0.39 is 10.9 Å². The van der Waals surface area contributed by atoms with E-state index in [4.69, 9.17) is 4.74 Å². The molecular formula is C14H9NO5. The Morgan fingerprint density at radius 3 is 2.60 bits per heavy atom. The summed E-state index contributed by atoms with van der Waals surface area (Å²) in [6, 6.07) is 11.5. The average molecular weight is 271 g/mol. The number of benzene rings is 2. The lowest BCUT2D eigenvalue weighted by Gasteiger charge is -2.05. The van der Waals surface area contributed by atoms with Crippen LogP contribution in [-0.4, -0.2) is 17.2 Å². The van der Waals surface area contributed by atoms with Crippen LogP contribution in [0.2, 0.25) is 0 Å². The minimum atomic E-state index is -0.847. The van der Waals surface area contributed by atoms with E-state index >= 15 is 0 Å². The van der Waals surface area contributed by atoms with Crippen molar-refractivity contribution in [2.45, 2.75) is 0 Å². The first-order valence-electron chi connectivity index (χ1n) is 5.62. The van der Waals surface area contributed by atoms with Crippen LogP contribution >= 0.6 is 0 Å². The lowest BCUT2D eigenvalue weighted by Crippen LogP contribution is -2.11. The monoisotopic (exact) mass is 271 g/mol. The van der Waals surface area contributed by atoms with Gasteiger partial charge in [0.05, 0.1) is 4.92 Å². The molecule has 0 aliphatic rings. The van der Waals surface area contributed by atoms with Crippen LogP contribution in [0.3, 0.4) is 0 Å². The van der Waals surface area contributed by atoms with E-state index in [1.807, 2.05) is 0 Å². The van der Waals surface area contributed by atoms with Gasteiger partial charge >= 0.3 is 5.97 Å². The fourth-order valence-corrected chi connectivity index (χ4v) is 1.62. The van der Waals surface area contributed by atoms with E-state index in [-0.39, 0.29) is 17.0 Å². The van der Waals surface area contributed by atoms with Gasteiger partial charge in [0, 0.05) is 11.6 Å². The van der Waals surface area contributed by atoms with Crippen molar-refractivity contribution >= 4 is 17.9 Å². The summed E-state index contributed by atoms with van der Waals surface area (Å²) in [5.74, 6) is -0.696. The number of hydrogen-bond acceptors (Lipinski definition) is 5. The Kier molecular flexibility index (Phi) is 3.85. The van der Waals surface area contributed by atoms with E-state index in [0.717, 1.165) is 0 Å². The van der Waals surface area contributed by atoms with Crippen LogP contribution in [0.1, 0.15) is 20.7 Å². The Hall–Kier alpha value is -3.02. The molecule has 0 saturated carbocycles. The number of nitrogens with zero attached hydrogens (tertiary/aromatic N) is 1. The van der Waals surface area contributed by atoms with Gasteiger partial charge in [-0.15, -0.1) is 0 Å². The highest BCUT2D eigenvalue weighted by Gasteiger charge is 2.20. The van der Waals surface area contributed by atoms with Crippen molar-refractivity contribution in [2.75, 3.05) is 0 Å². The molecule has 0 heterocycles. The summed E-state index contributed by atoms with van der Waals surface area (Å²) >= 11 is 0. The van der Waals surface area contributed by atoms with Crippen LogP contribution in [0.15, 0.2) is 48.5 Å². The Bertz CT molecular complexity index is 681. The summed E-state index contributed by atoms with van der Waals surface area (Å²) in [5.41, 5.74) is -0.129. The molecule has 20 heavy (non-hydrogen) atoms. The molecule has 100 valence electrons. The van der Waals surface area contributed by atoms with Crippen LogP contribution < -0.4 is 4.74 Å². The molecule has 0 fully saturated rings. The topological polar surface area (TPSA) is 86.5 Å². The zero-order valence-electron chi connectivity index (χ0n) is 10.2. The number of hydrogen-bond donors (Lipinski definition) is 0. The molecule has 2 aromatic carbocycles. The molecule has 0 unspecified atom stereocenters. The lowest BCUT2D eigenvalue weighted by atomic mass is 10.2. The van der Waals surface area contributed by atoms with E-state index in [1.54, 1.807) is 12.1 Å². The standard InChI is InChI=1S/C14H9NO5/c16-9-10-4-3-5-11(8-10)20-14(17)12-6-1-2-7-13(12)15(18)19/h1-9H. The van der Waals surface area contributed by atoms with Crippen LogP contribution in [0.5, 0.6) is 5.75 Å². The maximum Gasteiger partial charge on any atom is 0.350 e. The van der Waals surface area contributed by atoms with Gasteiger partial charge in [0.2, 0.25) is 0 Å².